The molecule has 1 saturated carbocycles. The van der Waals surface area contributed by atoms with E-state index in [-0.39, 0.29) is 11.9 Å². The van der Waals surface area contributed by atoms with Crippen LogP contribution in [0.1, 0.15) is 38.7 Å². The SMILES string of the molecule is Cc1cc(F)ccc1-c1cccn2nc(NC3CCC(=NCC(C)C)C(=CN)C3)nc12. The van der Waals surface area contributed by atoms with Crippen LogP contribution in [0.15, 0.2) is 53.3 Å². The van der Waals surface area contributed by atoms with Gasteiger partial charge in [0.2, 0.25) is 5.95 Å². The van der Waals surface area contributed by atoms with Crippen molar-refractivity contribution in [1.29, 1.82) is 0 Å². The van der Waals surface area contributed by atoms with E-state index < -0.39 is 0 Å². The normalized spacial score (nSPS) is 19.6. The second kappa shape index (κ2) is 8.88. The Bertz CT molecular complexity index is 1140. The van der Waals surface area contributed by atoms with Crippen molar-refractivity contribution in [3.63, 3.8) is 0 Å². The second-order valence-corrected chi connectivity index (χ2v) is 8.54. The summed E-state index contributed by atoms with van der Waals surface area (Å²) in [6.07, 6.45) is 6.19. The standard InChI is InChI=1S/C24H29FN6/c1-15(2)14-27-22-9-7-19(12-17(22)13-26)28-24-29-23-21(5-4-10-31(23)30-24)20-8-6-18(25)11-16(20)3/h4-6,8,10-11,13,15,19H,7,9,12,14,26H2,1-3H3,(H,28,30). The van der Waals surface area contributed by atoms with Crippen molar-refractivity contribution in [2.24, 2.45) is 16.6 Å². The number of aromatic nitrogens is 3. The first-order valence-electron chi connectivity index (χ1n) is 10.8. The van der Waals surface area contributed by atoms with E-state index in [1.807, 2.05) is 25.3 Å². The zero-order valence-electron chi connectivity index (χ0n) is 18.3. The predicted octanol–water partition coefficient (Wildman–Crippen LogP) is 4.75. The molecular formula is C24H29FN6. The van der Waals surface area contributed by atoms with E-state index in [0.29, 0.717) is 11.9 Å². The minimum absolute atomic E-state index is 0.196. The van der Waals surface area contributed by atoms with Crippen LogP contribution in [0, 0.1) is 18.7 Å². The maximum Gasteiger partial charge on any atom is 0.243 e. The molecule has 0 saturated heterocycles. The molecule has 0 radical (unpaired) electrons. The van der Waals surface area contributed by atoms with Gasteiger partial charge >= 0.3 is 0 Å². The molecule has 1 aromatic carbocycles. The Morgan fingerprint density at radius 3 is 2.90 bits per heavy atom. The summed E-state index contributed by atoms with van der Waals surface area (Å²) in [5.41, 5.74) is 11.6. The number of nitrogens with two attached hydrogens (primary N) is 1. The molecule has 1 aliphatic carbocycles. The quantitative estimate of drug-likeness (QED) is 0.624. The number of nitrogens with one attached hydrogen (secondary N) is 1. The molecule has 31 heavy (non-hydrogen) atoms. The van der Waals surface area contributed by atoms with Gasteiger partial charge in [-0.25, -0.2) is 8.91 Å². The largest absolute Gasteiger partial charge is 0.404 e. The predicted molar refractivity (Wildman–Crippen MR) is 124 cm³/mol. The highest BCUT2D eigenvalue weighted by atomic mass is 19.1. The summed E-state index contributed by atoms with van der Waals surface area (Å²) in [7, 11) is 0. The highest BCUT2D eigenvalue weighted by Gasteiger charge is 2.23. The van der Waals surface area contributed by atoms with Crippen molar-refractivity contribution in [3.8, 4) is 11.1 Å². The van der Waals surface area contributed by atoms with Crippen molar-refractivity contribution in [1.82, 2.24) is 14.6 Å². The lowest BCUT2D eigenvalue weighted by atomic mass is 9.89. The maximum atomic E-state index is 13.6. The number of rotatable bonds is 5. The fraction of sp³-hybridized carbons (Fsp3) is 0.375. The third-order valence-electron chi connectivity index (χ3n) is 5.59. The van der Waals surface area contributed by atoms with Crippen LogP contribution >= 0.6 is 0 Å². The average molecular weight is 421 g/mol. The lowest BCUT2D eigenvalue weighted by Crippen LogP contribution is -2.29. The smallest absolute Gasteiger partial charge is 0.243 e. The molecule has 2 heterocycles. The summed E-state index contributed by atoms with van der Waals surface area (Å²) < 4.78 is 15.3. The fourth-order valence-electron chi connectivity index (χ4n) is 4.01. The Hall–Kier alpha value is -3.22. The highest BCUT2D eigenvalue weighted by molar-refractivity contribution is 6.01. The summed E-state index contributed by atoms with van der Waals surface area (Å²) in [6, 6.07) is 8.91. The molecule has 1 fully saturated rings. The second-order valence-electron chi connectivity index (χ2n) is 8.54. The van der Waals surface area contributed by atoms with Crippen LogP contribution in [0.25, 0.3) is 16.8 Å². The van der Waals surface area contributed by atoms with E-state index in [2.05, 4.69) is 24.3 Å². The highest BCUT2D eigenvalue weighted by Crippen LogP contribution is 2.29. The first-order valence-corrected chi connectivity index (χ1v) is 10.8. The van der Waals surface area contributed by atoms with Crippen molar-refractivity contribution < 1.29 is 4.39 Å². The molecule has 1 atom stereocenters. The van der Waals surface area contributed by atoms with Crippen LogP contribution in [0.5, 0.6) is 0 Å². The Morgan fingerprint density at radius 2 is 2.16 bits per heavy atom. The molecule has 0 amide bonds. The number of aliphatic imine (C=N–C) groups is 1. The van der Waals surface area contributed by atoms with Crippen molar-refractivity contribution >= 4 is 17.3 Å². The van der Waals surface area contributed by atoms with Crippen LogP contribution in [0.2, 0.25) is 0 Å². The summed E-state index contributed by atoms with van der Waals surface area (Å²) in [5.74, 6) is 0.869. The number of benzene rings is 1. The summed E-state index contributed by atoms with van der Waals surface area (Å²) in [5, 5.41) is 8.08. The number of nitrogens with zero attached hydrogens (tertiary/aromatic N) is 4. The minimum atomic E-state index is -0.241. The molecule has 3 aromatic rings. The Morgan fingerprint density at radius 1 is 1.32 bits per heavy atom. The van der Waals surface area contributed by atoms with Crippen LogP contribution < -0.4 is 11.1 Å². The molecule has 6 nitrogen and oxygen atoms in total. The van der Waals surface area contributed by atoms with Crippen LogP contribution in [-0.2, 0) is 0 Å². The molecule has 162 valence electrons. The fourth-order valence-corrected chi connectivity index (χ4v) is 4.01. The average Bonchev–Trinajstić information content (AvgIpc) is 3.15. The number of aryl methyl sites for hydroxylation is 1. The molecule has 0 spiro atoms. The van der Waals surface area contributed by atoms with Gasteiger partial charge in [0.25, 0.3) is 0 Å². The lowest BCUT2D eigenvalue weighted by molar-refractivity contribution is 0.626. The van der Waals surface area contributed by atoms with Gasteiger partial charge in [-0.05, 0) is 79.3 Å². The molecular weight excluding hydrogens is 391 g/mol. The van der Waals surface area contributed by atoms with E-state index in [0.717, 1.165) is 59.4 Å². The first kappa shape index (κ1) is 21.0. The number of pyridine rings is 1. The molecule has 0 aliphatic heterocycles. The van der Waals surface area contributed by atoms with E-state index in [9.17, 15) is 4.39 Å². The molecule has 1 aliphatic rings. The number of halogens is 1. The van der Waals surface area contributed by atoms with Crippen LogP contribution in [-0.4, -0.2) is 32.9 Å². The van der Waals surface area contributed by atoms with Gasteiger partial charge in [-0.1, -0.05) is 19.9 Å². The van der Waals surface area contributed by atoms with Crippen LogP contribution in [0.3, 0.4) is 0 Å². The molecule has 0 bridgehead atoms. The molecule has 2 aromatic heterocycles. The minimum Gasteiger partial charge on any atom is -0.404 e. The third-order valence-corrected chi connectivity index (χ3v) is 5.59. The molecule has 3 N–H and O–H groups in total. The monoisotopic (exact) mass is 420 g/mol. The van der Waals surface area contributed by atoms with Gasteiger partial charge in [-0.3, -0.25) is 4.99 Å². The van der Waals surface area contributed by atoms with E-state index in [1.165, 1.54) is 12.1 Å². The van der Waals surface area contributed by atoms with Crippen LogP contribution in [0.4, 0.5) is 10.3 Å². The summed E-state index contributed by atoms with van der Waals surface area (Å²) >= 11 is 0. The Kier molecular flexibility index (Phi) is 6.02. The Labute approximate surface area is 182 Å². The first-order chi connectivity index (χ1) is 14.9. The van der Waals surface area contributed by atoms with E-state index in [4.69, 9.17) is 15.7 Å². The van der Waals surface area contributed by atoms with Crippen molar-refractivity contribution in [3.05, 3.63) is 59.7 Å². The van der Waals surface area contributed by atoms with Gasteiger partial charge in [-0.2, -0.15) is 4.98 Å². The number of anilines is 1. The number of fused-ring (bicyclic) bond motifs is 1. The van der Waals surface area contributed by atoms with Crippen molar-refractivity contribution in [2.45, 2.75) is 46.1 Å². The van der Waals surface area contributed by atoms with Gasteiger partial charge in [0, 0.05) is 30.1 Å². The summed E-state index contributed by atoms with van der Waals surface area (Å²) in [4.78, 5) is 9.49. The Balaban J connectivity index is 1.56. The van der Waals surface area contributed by atoms with Crippen molar-refractivity contribution in [2.75, 3.05) is 11.9 Å². The zero-order chi connectivity index (χ0) is 22.0. The van der Waals surface area contributed by atoms with Gasteiger partial charge in [0.15, 0.2) is 5.65 Å². The molecule has 1 unspecified atom stereocenters. The summed E-state index contributed by atoms with van der Waals surface area (Å²) in [6.45, 7) is 7.06. The van der Waals surface area contributed by atoms with Gasteiger partial charge in [0.05, 0.1) is 0 Å². The maximum absolute atomic E-state index is 13.6. The lowest BCUT2D eigenvalue weighted by Gasteiger charge is -2.26. The number of hydrogen-bond donors (Lipinski definition) is 2. The third kappa shape index (κ3) is 4.60. The van der Waals surface area contributed by atoms with Gasteiger partial charge < -0.3 is 11.1 Å². The topological polar surface area (TPSA) is 80.6 Å². The zero-order valence-corrected chi connectivity index (χ0v) is 18.3. The molecule has 7 heteroatoms. The van der Waals surface area contributed by atoms with Gasteiger partial charge in [-0.15, -0.1) is 5.10 Å². The molecule has 4 rings (SSSR count). The van der Waals surface area contributed by atoms with Gasteiger partial charge in [0.1, 0.15) is 5.82 Å². The van der Waals surface area contributed by atoms with E-state index in [1.54, 1.807) is 16.8 Å². The number of hydrogen-bond acceptors (Lipinski definition) is 5. The van der Waals surface area contributed by atoms with E-state index >= 15 is 0 Å².